The van der Waals surface area contributed by atoms with Crippen molar-refractivity contribution >= 4 is 17.8 Å². The molecule has 0 unspecified atom stereocenters. The van der Waals surface area contributed by atoms with E-state index in [-0.39, 0.29) is 24.7 Å². The Bertz CT molecular complexity index is 955. The van der Waals surface area contributed by atoms with E-state index in [1.807, 2.05) is 74.5 Å². The average Bonchev–Trinajstić information content (AvgIpc) is 2.99. The van der Waals surface area contributed by atoms with Gasteiger partial charge >= 0.3 is 6.03 Å². The van der Waals surface area contributed by atoms with Gasteiger partial charge in [-0.1, -0.05) is 60.7 Å². The molecule has 0 aromatic heterocycles. The molecule has 31 heavy (non-hydrogen) atoms. The number of benzene rings is 2. The fraction of sp³-hybridized carbons (Fsp3) is 0.375. The number of rotatable bonds is 5. The fourth-order valence-electron chi connectivity index (χ4n) is 4.43. The molecule has 4 amide bonds. The van der Waals surface area contributed by atoms with Crippen molar-refractivity contribution < 1.29 is 19.1 Å². The summed E-state index contributed by atoms with van der Waals surface area (Å²) in [7, 11) is 0. The molecule has 4 rings (SSSR count). The molecule has 162 valence electrons. The summed E-state index contributed by atoms with van der Waals surface area (Å²) in [5, 5.41) is 2.90. The lowest BCUT2D eigenvalue weighted by molar-refractivity contribution is -0.146. The Kier molecular flexibility index (Phi) is 5.78. The van der Waals surface area contributed by atoms with Gasteiger partial charge in [0.15, 0.2) is 5.54 Å². The van der Waals surface area contributed by atoms with Crippen LogP contribution in [0.4, 0.5) is 4.79 Å². The molecule has 7 heteroatoms. The summed E-state index contributed by atoms with van der Waals surface area (Å²) in [4.78, 5) is 42.2. The van der Waals surface area contributed by atoms with Crippen molar-refractivity contribution in [1.29, 1.82) is 0 Å². The summed E-state index contributed by atoms with van der Waals surface area (Å²) >= 11 is 0. The zero-order valence-corrected chi connectivity index (χ0v) is 17.8. The van der Waals surface area contributed by atoms with Gasteiger partial charge in [-0.05, 0) is 25.0 Å². The van der Waals surface area contributed by atoms with Crippen molar-refractivity contribution in [2.75, 3.05) is 19.6 Å². The number of imide groups is 1. The standard InChI is InChI=1S/C24H27N3O4/c1-17-14-26(15-18(2)31-17)21(28)16-27-22(29)24(25-23(27)30,20-11-7-4-8-12-20)13-19-9-5-3-6-10-19/h3-12,17-18H,13-16H2,1-2H3,(H,25,30)/t17-,18-,24-/m1/s1. The molecular formula is C24H27N3O4. The SMILES string of the molecule is C[C@@H]1CN(C(=O)CN2C(=O)N[C@](Cc3ccccc3)(c3ccccc3)C2=O)C[C@@H](C)O1. The van der Waals surface area contributed by atoms with Gasteiger partial charge in [0.1, 0.15) is 6.54 Å². The summed E-state index contributed by atoms with van der Waals surface area (Å²) in [6, 6.07) is 18.2. The third kappa shape index (κ3) is 4.18. The summed E-state index contributed by atoms with van der Waals surface area (Å²) in [6.07, 6.45) is 0.133. The van der Waals surface area contributed by atoms with Crippen molar-refractivity contribution in [3.05, 3.63) is 71.8 Å². The van der Waals surface area contributed by atoms with Crippen molar-refractivity contribution in [1.82, 2.24) is 15.1 Å². The smallest absolute Gasteiger partial charge is 0.325 e. The highest BCUT2D eigenvalue weighted by Crippen LogP contribution is 2.33. The van der Waals surface area contributed by atoms with Crippen LogP contribution in [0, 0.1) is 0 Å². The zero-order chi connectivity index (χ0) is 22.0. The maximum absolute atomic E-state index is 13.6. The molecule has 0 aliphatic carbocycles. The summed E-state index contributed by atoms with van der Waals surface area (Å²) in [6.45, 7) is 4.42. The van der Waals surface area contributed by atoms with Crippen LogP contribution in [-0.2, 0) is 26.3 Å². The van der Waals surface area contributed by atoms with E-state index in [1.165, 1.54) is 0 Å². The number of amides is 4. The first kappa shape index (κ1) is 21.1. The predicted octanol–water partition coefficient (Wildman–Crippen LogP) is 2.31. The first-order valence-electron chi connectivity index (χ1n) is 10.6. The Hall–Kier alpha value is -3.19. The molecule has 7 nitrogen and oxygen atoms in total. The van der Waals surface area contributed by atoms with Gasteiger partial charge in [0.25, 0.3) is 5.91 Å². The lowest BCUT2D eigenvalue weighted by Crippen LogP contribution is -2.52. The van der Waals surface area contributed by atoms with Crippen molar-refractivity contribution in [2.24, 2.45) is 0 Å². The van der Waals surface area contributed by atoms with Crippen LogP contribution in [0.5, 0.6) is 0 Å². The molecule has 2 aliphatic rings. The molecule has 2 aliphatic heterocycles. The number of nitrogens with one attached hydrogen (secondary N) is 1. The number of carbonyl (C=O) groups is 3. The van der Waals surface area contributed by atoms with Crippen LogP contribution in [0.2, 0.25) is 0 Å². The molecule has 2 heterocycles. The van der Waals surface area contributed by atoms with E-state index in [0.717, 1.165) is 10.5 Å². The fourth-order valence-corrected chi connectivity index (χ4v) is 4.43. The van der Waals surface area contributed by atoms with Crippen LogP contribution in [0.3, 0.4) is 0 Å². The van der Waals surface area contributed by atoms with Gasteiger partial charge in [-0.3, -0.25) is 14.5 Å². The predicted molar refractivity (Wildman–Crippen MR) is 115 cm³/mol. The Labute approximate surface area is 182 Å². The van der Waals surface area contributed by atoms with Gasteiger partial charge < -0.3 is 15.0 Å². The summed E-state index contributed by atoms with van der Waals surface area (Å²) < 4.78 is 5.68. The second-order valence-corrected chi connectivity index (χ2v) is 8.31. The van der Waals surface area contributed by atoms with E-state index in [2.05, 4.69) is 5.32 Å². The second-order valence-electron chi connectivity index (χ2n) is 8.31. The lowest BCUT2D eigenvalue weighted by atomic mass is 9.83. The molecule has 2 aromatic carbocycles. The van der Waals surface area contributed by atoms with Gasteiger partial charge in [-0.15, -0.1) is 0 Å². The number of hydrogen-bond donors (Lipinski definition) is 1. The maximum Gasteiger partial charge on any atom is 0.325 e. The number of morpholine rings is 1. The van der Waals surface area contributed by atoms with Gasteiger partial charge in [0.2, 0.25) is 5.91 Å². The van der Waals surface area contributed by atoms with Crippen molar-refractivity contribution in [3.8, 4) is 0 Å². The maximum atomic E-state index is 13.6. The average molecular weight is 421 g/mol. The van der Waals surface area contributed by atoms with E-state index < -0.39 is 17.5 Å². The minimum absolute atomic E-state index is 0.0858. The molecule has 3 atom stereocenters. The molecule has 2 saturated heterocycles. The molecule has 0 spiro atoms. The molecule has 2 fully saturated rings. The third-order valence-corrected chi connectivity index (χ3v) is 5.82. The largest absolute Gasteiger partial charge is 0.372 e. The highest BCUT2D eigenvalue weighted by molar-refractivity contribution is 6.09. The first-order chi connectivity index (χ1) is 14.9. The first-order valence-corrected chi connectivity index (χ1v) is 10.6. The molecule has 2 aromatic rings. The van der Waals surface area contributed by atoms with Gasteiger partial charge in [0, 0.05) is 19.5 Å². The number of carbonyl (C=O) groups excluding carboxylic acids is 3. The second kappa shape index (κ2) is 8.51. The van der Waals surface area contributed by atoms with Gasteiger partial charge in [0.05, 0.1) is 12.2 Å². The topological polar surface area (TPSA) is 79.0 Å². The van der Waals surface area contributed by atoms with Crippen molar-refractivity contribution in [3.63, 3.8) is 0 Å². The van der Waals surface area contributed by atoms with E-state index >= 15 is 0 Å². The van der Waals surface area contributed by atoms with Crippen LogP contribution >= 0.6 is 0 Å². The molecule has 0 radical (unpaired) electrons. The summed E-state index contributed by atoms with van der Waals surface area (Å²) in [5.41, 5.74) is 0.371. The zero-order valence-electron chi connectivity index (χ0n) is 17.8. The Morgan fingerprint density at radius 3 is 2.19 bits per heavy atom. The van der Waals surface area contributed by atoms with Crippen LogP contribution in [0.15, 0.2) is 60.7 Å². The van der Waals surface area contributed by atoms with Gasteiger partial charge in [-0.2, -0.15) is 0 Å². The molecular weight excluding hydrogens is 394 g/mol. The lowest BCUT2D eigenvalue weighted by Gasteiger charge is -2.36. The van der Waals surface area contributed by atoms with E-state index in [0.29, 0.717) is 25.1 Å². The quantitative estimate of drug-likeness (QED) is 0.752. The van der Waals surface area contributed by atoms with Crippen LogP contribution in [0.25, 0.3) is 0 Å². The molecule has 0 saturated carbocycles. The van der Waals surface area contributed by atoms with E-state index in [4.69, 9.17) is 4.74 Å². The van der Waals surface area contributed by atoms with Crippen LogP contribution in [-0.4, -0.2) is 59.5 Å². The minimum Gasteiger partial charge on any atom is -0.372 e. The summed E-state index contributed by atoms with van der Waals surface area (Å²) in [5.74, 6) is -0.663. The normalized spacial score (nSPS) is 26.1. The van der Waals surface area contributed by atoms with E-state index in [1.54, 1.807) is 4.90 Å². The van der Waals surface area contributed by atoms with Crippen molar-refractivity contribution in [2.45, 2.75) is 38.0 Å². The monoisotopic (exact) mass is 421 g/mol. The van der Waals surface area contributed by atoms with Gasteiger partial charge in [-0.25, -0.2) is 4.79 Å². The Balaban J connectivity index is 1.61. The third-order valence-electron chi connectivity index (χ3n) is 5.82. The molecule has 1 N–H and O–H groups in total. The van der Waals surface area contributed by atoms with Crippen LogP contribution < -0.4 is 5.32 Å². The van der Waals surface area contributed by atoms with E-state index in [9.17, 15) is 14.4 Å². The number of hydrogen-bond acceptors (Lipinski definition) is 4. The Morgan fingerprint density at radius 2 is 1.58 bits per heavy atom. The molecule has 0 bridgehead atoms. The minimum atomic E-state index is -1.24. The number of nitrogens with zero attached hydrogens (tertiary/aromatic N) is 2. The number of ether oxygens (including phenoxy) is 1. The van der Waals surface area contributed by atoms with Crippen LogP contribution in [0.1, 0.15) is 25.0 Å². The highest BCUT2D eigenvalue weighted by atomic mass is 16.5. The Morgan fingerprint density at radius 1 is 1.00 bits per heavy atom. The number of urea groups is 1. The highest BCUT2D eigenvalue weighted by Gasteiger charge is 2.53.